The third kappa shape index (κ3) is 3.62. The predicted octanol–water partition coefficient (Wildman–Crippen LogP) is 5.51. The van der Waals surface area contributed by atoms with E-state index in [9.17, 15) is 8.42 Å². The van der Waals surface area contributed by atoms with Crippen molar-refractivity contribution in [3.63, 3.8) is 0 Å². The minimum Gasteiger partial charge on any atom is -0.245 e. The van der Waals surface area contributed by atoms with Crippen LogP contribution in [-0.2, 0) is 10.0 Å². The Bertz CT molecular complexity index is 1430. The quantitative estimate of drug-likeness (QED) is 0.368. The molecule has 2 aromatic heterocycles. The van der Waals surface area contributed by atoms with Crippen molar-refractivity contribution in [2.24, 2.45) is 0 Å². The maximum Gasteiger partial charge on any atom is 0.268 e. The van der Waals surface area contributed by atoms with Gasteiger partial charge in [-0.1, -0.05) is 29.5 Å². The summed E-state index contributed by atoms with van der Waals surface area (Å²) in [4.78, 5) is 4.98. The van der Waals surface area contributed by atoms with Crippen LogP contribution in [0.2, 0.25) is 0 Å². The number of fused-ring (bicyclic) bond motifs is 1. The SMILES string of the molecule is Cc1ccc(S(=O)(=O)n2ccc3c(Br)c(Sc4ccnc(C#N)c4)c(F)cc32)cc1. The second-order valence-electron chi connectivity index (χ2n) is 6.45. The summed E-state index contributed by atoms with van der Waals surface area (Å²) in [6, 6.07) is 14.5. The van der Waals surface area contributed by atoms with E-state index in [0.717, 1.165) is 21.3 Å². The Morgan fingerprint density at radius 3 is 2.60 bits per heavy atom. The van der Waals surface area contributed by atoms with Crippen molar-refractivity contribution >= 4 is 48.6 Å². The molecule has 0 unspecified atom stereocenters. The van der Waals surface area contributed by atoms with Gasteiger partial charge in [-0.2, -0.15) is 5.26 Å². The van der Waals surface area contributed by atoms with E-state index in [1.165, 1.54) is 30.6 Å². The van der Waals surface area contributed by atoms with Crippen LogP contribution in [0.25, 0.3) is 10.9 Å². The smallest absolute Gasteiger partial charge is 0.245 e. The first-order valence-corrected chi connectivity index (χ1v) is 11.7. The van der Waals surface area contributed by atoms with E-state index in [4.69, 9.17) is 5.26 Å². The van der Waals surface area contributed by atoms with Crippen LogP contribution in [0.4, 0.5) is 4.39 Å². The van der Waals surface area contributed by atoms with E-state index in [-0.39, 0.29) is 16.1 Å². The van der Waals surface area contributed by atoms with Gasteiger partial charge in [0.05, 0.1) is 15.3 Å². The van der Waals surface area contributed by atoms with Crippen LogP contribution in [0.1, 0.15) is 11.3 Å². The molecule has 0 fully saturated rings. The van der Waals surface area contributed by atoms with Gasteiger partial charge in [0, 0.05) is 33.2 Å². The molecule has 30 heavy (non-hydrogen) atoms. The van der Waals surface area contributed by atoms with Gasteiger partial charge in [0.25, 0.3) is 10.0 Å². The number of nitrogens with zero attached hydrogens (tertiary/aromatic N) is 3. The molecule has 0 aliphatic rings. The monoisotopic (exact) mass is 501 g/mol. The van der Waals surface area contributed by atoms with Crippen LogP contribution >= 0.6 is 27.7 Å². The highest BCUT2D eigenvalue weighted by Crippen LogP contribution is 2.41. The molecule has 9 heteroatoms. The van der Waals surface area contributed by atoms with Crippen molar-refractivity contribution in [3.05, 3.63) is 82.5 Å². The highest BCUT2D eigenvalue weighted by Gasteiger charge is 2.22. The van der Waals surface area contributed by atoms with Gasteiger partial charge in [0.15, 0.2) is 0 Å². The first-order chi connectivity index (χ1) is 14.3. The Morgan fingerprint density at radius 1 is 1.17 bits per heavy atom. The van der Waals surface area contributed by atoms with Gasteiger partial charge >= 0.3 is 0 Å². The van der Waals surface area contributed by atoms with Crippen molar-refractivity contribution in [1.29, 1.82) is 5.26 Å². The molecule has 0 N–H and O–H groups in total. The molecule has 0 spiro atoms. The number of halogens is 2. The van der Waals surface area contributed by atoms with Crippen LogP contribution in [0, 0.1) is 24.1 Å². The second kappa shape index (κ2) is 7.87. The summed E-state index contributed by atoms with van der Waals surface area (Å²) < 4.78 is 42.7. The number of nitriles is 1. The van der Waals surface area contributed by atoms with E-state index >= 15 is 4.39 Å². The van der Waals surface area contributed by atoms with Crippen LogP contribution in [0.15, 0.2) is 80.1 Å². The number of hydrogen-bond acceptors (Lipinski definition) is 5. The first-order valence-electron chi connectivity index (χ1n) is 8.66. The Morgan fingerprint density at radius 2 is 1.90 bits per heavy atom. The number of benzene rings is 2. The number of rotatable bonds is 4. The fraction of sp³-hybridized carbons (Fsp3) is 0.0476. The van der Waals surface area contributed by atoms with Crippen LogP contribution < -0.4 is 0 Å². The van der Waals surface area contributed by atoms with Gasteiger partial charge in [0.2, 0.25) is 0 Å². The van der Waals surface area contributed by atoms with Gasteiger partial charge in [0.1, 0.15) is 17.6 Å². The number of aryl methyl sites for hydroxylation is 1. The largest absolute Gasteiger partial charge is 0.268 e. The third-order valence-electron chi connectivity index (χ3n) is 4.45. The highest BCUT2D eigenvalue weighted by atomic mass is 79.9. The standard InChI is InChI=1S/C21H13BrFN3O2S2/c1-13-2-4-16(5-3-13)30(27,28)26-9-7-17-19(26)11-18(23)21(20(17)22)29-15-6-8-25-14(10-15)12-24/h2-11H,1H3. The zero-order chi connectivity index (χ0) is 21.5. The fourth-order valence-electron chi connectivity index (χ4n) is 2.95. The Hall–Kier alpha value is -2.67. The molecule has 0 saturated heterocycles. The molecular formula is C21H13BrFN3O2S2. The molecule has 0 radical (unpaired) electrons. The van der Waals surface area contributed by atoms with E-state index in [1.807, 2.05) is 13.0 Å². The lowest BCUT2D eigenvalue weighted by Crippen LogP contribution is -2.12. The summed E-state index contributed by atoms with van der Waals surface area (Å²) in [5, 5.41) is 9.56. The summed E-state index contributed by atoms with van der Waals surface area (Å²) in [5.74, 6) is -0.575. The summed E-state index contributed by atoms with van der Waals surface area (Å²) in [7, 11) is -3.88. The number of hydrogen-bond donors (Lipinski definition) is 0. The van der Waals surface area contributed by atoms with E-state index in [0.29, 0.717) is 19.6 Å². The molecule has 4 rings (SSSR count). The van der Waals surface area contributed by atoms with Crippen molar-refractivity contribution in [2.45, 2.75) is 21.6 Å². The molecule has 150 valence electrons. The molecule has 5 nitrogen and oxygen atoms in total. The summed E-state index contributed by atoms with van der Waals surface area (Å²) >= 11 is 4.55. The van der Waals surface area contributed by atoms with Gasteiger partial charge in [-0.05, 0) is 53.2 Å². The maximum absolute atomic E-state index is 15.0. The Kier molecular flexibility index (Phi) is 5.40. The molecule has 2 heterocycles. The average molecular weight is 502 g/mol. The molecule has 0 bridgehead atoms. The lowest BCUT2D eigenvalue weighted by atomic mass is 10.2. The summed E-state index contributed by atoms with van der Waals surface area (Å²) in [6.45, 7) is 1.87. The van der Waals surface area contributed by atoms with Crippen molar-refractivity contribution in [1.82, 2.24) is 8.96 Å². The molecule has 4 aromatic rings. The topological polar surface area (TPSA) is 75.8 Å². The van der Waals surface area contributed by atoms with Crippen LogP contribution in [-0.4, -0.2) is 17.4 Å². The van der Waals surface area contributed by atoms with Gasteiger partial charge in [-0.15, -0.1) is 0 Å². The lowest BCUT2D eigenvalue weighted by molar-refractivity contribution is 0.588. The van der Waals surface area contributed by atoms with Gasteiger partial charge in [-0.25, -0.2) is 21.8 Å². The predicted molar refractivity (Wildman–Crippen MR) is 116 cm³/mol. The van der Waals surface area contributed by atoms with Crippen molar-refractivity contribution in [2.75, 3.05) is 0 Å². The minimum atomic E-state index is -3.88. The van der Waals surface area contributed by atoms with E-state index in [1.54, 1.807) is 30.3 Å². The fourth-order valence-corrected chi connectivity index (χ4v) is 5.94. The average Bonchev–Trinajstić information content (AvgIpc) is 3.16. The molecule has 0 saturated carbocycles. The third-order valence-corrected chi connectivity index (χ3v) is 8.33. The zero-order valence-corrected chi connectivity index (χ0v) is 18.7. The number of aromatic nitrogens is 2. The molecule has 0 aliphatic heterocycles. The normalized spacial score (nSPS) is 11.5. The molecule has 0 amide bonds. The molecular weight excluding hydrogens is 489 g/mol. The van der Waals surface area contributed by atoms with Crippen LogP contribution in [0.3, 0.4) is 0 Å². The zero-order valence-electron chi connectivity index (χ0n) is 15.5. The minimum absolute atomic E-state index is 0.126. The lowest BCUT2D eigenvalue weighted by Gasteiger charge is -2.11. The Labute approximate surface area is 185 Å². The maximum atomic E-state index is 15.0. The Balaban J connectivity index is 1.82. The number of pyridine rings is 1. The second-order valence-corrected chi connectivity index (χ2v) is 10.1. The summed E-state index contributed by atoms with van der Waals surface area (Å²) in [5.41, 5.74) is 1.40. The van der Waals surface area contributed by atoms with Crippen LogP contribution in [0.5, 0.6) is 0 Å². The summed E-state index contributed by atoms with van der Waals surface area (Å²) in [6.07, 6.45) is 2.90. The van der Waals surface area contributed by atoms with Crippen molar-refractivity contribution < 1.29 is 12.8 Å². The van der Waals surface area contributed by atoms with E-state index in [2.05, 4.69) is 20.9 Å². The molecule has 0 atom stereocenters. The molecule has 2 aromatic carbocycles. The van der Waals surface area contributed by atoms with Gasteiger partial charge in [-0.3, -0.25) is 0 Å². The highest BCUT2D eigenvalue weighted by molar-refractivity contribution is 9.10. The van der Waals surface area contributed by atoms with Crippen molar-refractivity contribution in [3.8, 4) is 6.07 Å². The molecule has 0 aliphatic carbocycles. The van der Waals surface area contributed by atoms with E-state index < -0.39 is 15.8 Å². The first kappa shape index (κ1) is 20.6. The van der Waals surface area contributed by atoms with Gasteiger partial charge < -0.3 is 0 Å².